The summed E-state index contributed by atoms with van der Waals surface area (Å²) in [5.41, 5.74) is 0.933. The predicted molar refractivity (Wildman–Crippen MR) is 69.0 cm³/mol. The van der Waals surface area contributed by atoms with Crippen LogP contribution in [0, 0.1) is 11.8 Å². The van der Waals surface area contributed by atoms with Crippen LogP contribution in [0.25, 0.3) is 0 Å². The summed E-state index contributed by atoms with van der Waals surface area (Å²) in [5, 5.41) is 8.93. The molecule has 2 unspecified atom stereocenters. The van der Waals surface area contributed by atoms with Gasteiger partial charge in [0.2, 0.25) is 0 Å². The Morgan fingerprint density at radius 1 is 1.18 bits per heavy atom. The van der Waals surface area contributed by atoms with Gasteiger partial charge in [-0.15, -0.1) is 0 Å². The van der Waals surface area contributed by atoms with Gasteiger partial charge in [0, 0.05) is 0 Å². The number of aliphatic hydroxyl groups excluding tert-OH is 1. The monoisotopic (exact) mass is 234 g/mol. The highest BCUT2D eigenvalue weighted by molar-refractivity contribution is 5.26. The van der Waals surface area contributed by atoms with E-state index in [4.69, 9.17) is 9.84 Å². The summed E-state index contributed by atoms with van der Waals surface area (Å²) < 4.78 is 5.72. The SMILES string of the molecule is CCC1CCC1CCOc1ccc(CO)cc1. The van der Waals surface area contributed by atoms with Crippen molar-refractivity contribution >= 4 is 0 Å². The molecule has 94 valence electrons. The largest absolute Gasteiger partial charge is 0.494 e. The maximum Gasteiger partial charge on any atom is 0.119 e. The summed E-state index contributed by atoms with van der Waals surface area (Å²) in [5.74, 6) is 2.74. The average molecular weight is 234 g/mol. The smallest absolute Gasteiger partial charge is 0.119 e. The molecule has 1 aliphatic carbocycles. The first-order chi connectivity index (χ1) is 8.33. The van der Waals surface area contributed by atoms with Crippen molar-refractivity contribution in [3.05, 3.63) is 29.8 Å². The van der Waals surface area contributed by atoms with Crippen LogP contribution in [0.2, 0.25) is 0 Å². The lowest BCUT2D eigenvalue weighted by atomic mass is 9.71. The molecule has 0 aliphatic heterocycles. The zero-order chi connectivity index (χ0) is 12.1. The molecular weight excluding hydrogens is 212 g/mol. The Kier molecular flexibility index (Phi) is 4.43. The van der Waals surface area contributed by atoms with E-state index < -0.39 is 0 Å². The first-order valence-corrected chi connectivity index (χ1v) is 6.66. The van der Waals surface area contributed by atoms with Gasteiger partial charge in [0.05, 0.1) is 13.2 Å². The lowest BCUT2D eigenvalue weighted by Gasteiger charge is -2.36. The molecule has 0 heterocycles. The normalized spacial score (nSPS) is 23.2. The van der Waals surface area contributed by atoms with Gasteiger partial charge in [0.15, 0.2) is 0 Å². The van der Waals surface area contributed by atoms with Crippen molar-refractivity contribution < 1.29 is 9.84 Å². The second-order valence-corrected chi connectivity index (χ2v) is 4.94. The molecule has 1 aliphatic rings. The van der Waals surface area contributed by atoms with Crippen LogP contribution in [-0.4, -0.2) is 11.7 Å². The van der Waals surface area contributed by atoms with Gasteiger partial charge in [-0.05, 0) is 48.8 Å². The van der Waals surface area contributed by atoms with E-state index in [9.17, 15) is 0 Å². The minimum atomic E-state index is 0.0978. The number of hydrogen-bond donors (Lipinski definition) is 1. The highest BCUT2D eigenvalue weighted by atomic mass is 16.5. The molecule has 0 aromatic heterocycles. The molecule has 0 radical (unpaired) electrons. The Labute approximate surface area is 104 Å². The van der Waals surface area contributed by atoms with E-state index in [1.165, 1.54) is 25.7 Å². The second-order valence-electron chi connectivity index (χ2n) is 4.94. The van der Waals surface area contributed by atoms with Crippen LogP contribution in [0.15, 0.2) is 24.3 Å². The van der Waals surface area contributed by atoms with Crippen LogP contribution >= 0.6 is 0 Å². The van der Waals surface area contributed by atoms with E-state index in [0.717, 1.165) is 29.8 Å². The van der Waals surface area contributed by atoms with Gasteiger partial charge in [0.25, 0.3) is 0 Å². The molecule has 0 bridgehead atoms. The number of rotatable bonds is 6. The molecule has 1 aromatic rings. The maximum atomic E-state index is 8.93. The van der Waals surface area contributed by atoms with Crippen LogP contribution in [0.1, 0.15) is 38.2 Å². The molecule has 2 atom stereocenters. The molecule has 1 fully saturated rings. The summed E-state index contributed by atoms with van der Waals surface area (Å²) in [4.78, 5) is 0. The van der Waals surface area contributed by atoms with Crippen molar-refractivity contribution in [1.29, 1.82) is 0 Å². The van der Waals surface area contributed by atoms with Crippen LogP contribution < -0.4 is 4.74 Å². The summed E-state index contributed by atoms with van der Waals surface area (Å²) in [6.45, 7) is 3.20. The highest BCUT2D eigenvalue weighted by Crippen LogP contribution is 2.38. The van der Waals surface area contributed by atoms with E-state index in [2.05, 4.69) is 6.92 Å². The number of aliphatic hydroxyl groups is 1. The summed E-state index contributed by atoms with van der Waals surface area (Å²) in [6.07, 6.45) is 5.29. The van der Waals surface area contributed by atoms with E-state index in [1.807, 2.05) is 24.3 Å². The first kappa shape index (κ1) is 12.4. The first-order valence-electron chi connectivity index (χ1n) is 6.66. The van der Waals surface area contributed by atoms with Crippen LogP contribution in [0.4, 0.5) is 0 Å². The summed E-state index contributed by atoms with van der Waals surface area (Å²) in [6, 6.07) is 7.69. The van der Waals surface area contributed by atoms with Gasteiger partial charge >= 0.3 is 0 Å². The minimum absolute atomic E-state index is 0.0978. The molecule has 0 saturated heterocycles. The van der Waals surface area contributed by atoms with Crippen molar-refractivity contribution in [3.63, 3.8) is 0 Å². The molecule has 0 spiro atoms. The molecule has 2 heteroatoms. The van der Waals surface area contributed by atoms with Crippen molar-refractivity contribution in [1.82, 2.24) is 0 Å². The maximum absolute atomic E-state index is 8.93. The molecule has 1 saturated carbocycles. The van der Waals surface area contributed by atoms with Crippen molar-refractivity contribution in [3.8, 4) is 5.75 Å². The van der Waals surface area contributed by atoms with E-state index in [0.29, 0.717) is 0 Å². The summed E-state index contributed by atoms with van der Waals surface area (Å²) >= 11 is 0. The third-order valence-electron chi connectivity index (χ3n) is 3.96. The lowest BCUT2D eigenvalue weighted by Crippen LogP contribution is -2.26. The Morgan fingerprint density at radius 3 is 2.41 bits per heavy atom. The lowest BCUT2D eigenvalue weighted by molar-refractivity contribution is 0.133. The highest BCUT2D eigenvalue weighted by Gasteiger charge is 2.28. The van der Waals surface area contributed by atoms with Crippen LogP contribution in [-0.2, 0) is 6.61 Å². The Bertz CT molecular complexity index is 329. The second kappa shape index (κ2) is 6.06. The Balaban J connectivity index is 1.70. The Hall–Kier alpha value is -1.02. The fraction of sp³-hybridized carbons (Fsp3) is 0.600. The molecule has 0 amide bonds. The summed E-state index contributed by atoms with van der Waals surface area (Å²) in [7, 11) is 0. The minimum Gasteiger partial charge on any atom is -0.494 e. The molecular formula is C15H22O2. The van der Waals surface area contributed by atoms with Crippen LogP contribution in [0.3, 0.4) is 0 Å². The topological polar surface area (TPSA) is 29.5 Å². The third-order valence-corrected chi connectivity index (χ3v) is 3.96. The van der Waals surface area contributed by atoms with Gasteiger partial charge in [-0.1, -0.05) is 25.5 Å². The molecule has 1 aromatic carbocycles. The molecule has 1 N–H and O–H groups in total. The average Bonchev–Trinajstić information content (AvgIpc) is 2.34. The predicted octanol–water partition coefficient (Wildman–Crippen LogP) is 3.38. The van der Waals surface area contributed by atoms with Gasteiger partial charge in [-0.25, -0.2) is 0 Å². The third kappa shape index (κ3) is 3.22. The Morgan fingerprint density at radius 2 is 1.88 bits per heavy atom. The van der Waals surface area contributed by atoms with Crippen LogP contribution in [0.5, 0.6) is 5.75 Å². The van der Waals surface area contributed by atoms with Crippen molar-refractivity contribution in [2.75, 3.05) is 6.61 Å². The van der Waals surface area contributed by atoms with Gasteiger partial charge in [-0.2, -0.15) is 0 Å². The van der Waals surface area contributed by atoms with Crippen molar-refractivity contribution in [2.24, 2.45) is 11.8 Å². The number of hydrogen-bond acceptors (Lipinski definition) is 2. The van der Waals surface area contributed by atoms with E-state index in [-0.39, 0.29) is 6.61 Å². The fourth-order valence-electron chi connectivity index (χ4n) is 2.57. The molecule has 2 rings (SSSR count). The zero-order valence-corrected chi connectivity index (χ0v) is 10.6. The van der Waals surface area contributed by atoms with Gasteiger partial charge < -0.3 is 9.84 Å². The molecule has 17 heavy (non-hydrogen) atoms. The standard InChI is InChI=1S/C15H22O2/c1-2-13-5-6-14(13)9-10-17-15-7-3-12(11-16)4-8-15/h3-4,7-8,13-14,16H,2,5-6,9-11H2,1H3. The zero-order valence-electron chi connectivity index (χ0n) is 10.6. The molecule has 2 nitrogen and oxygen atoms in total. The van der Waals surface area contributed by atoms with E-state index in [1.54, 1.807) is 0 Å². The van der Waals surface area contributed by atoms with E-state index >= 15 is 0 Å². The van der Waals surface area contributed by atoms with Gasteiger partial charge in [-0.3, -0.25) is 0 Å². The van der Waals surface area contributed by atoms with Gasteiger partial charge in [0.1, 0.15) is 5.75 Å². The fourth-order valence-corrected chi connectivity index (χ4v) is 2.57. The number of ether oxygens (including phenoxy) is 1. The number of benzene rings is 1. The van der Waals surface area contributed by atoms with Crippen molar-refractivity contribution in [2.45, 2.75) is 39.2 Å². The quantitative estimate of drug-likeness (QED) is 0.817.